The molecule has 4 rings (SSSR count). The van der Waals surface area contributed by atoms with Crippen molar-refractivity contribution in [3.8, 4) is 6.07 Å². The maximum absolute atomic E-state index is 14.0. The molecule has 0 aliphatic heterocycles. The van der Waals surface area contributed by atoms with Crippen LogP contribution in [-0.4, -0.2) is 17.5 Å². The van der Waals surface area contributed by atoms with Gasteiger partial charge in [0.2, 0.25) is 0 Å². The second-order valence-electron chi connectivity index (χ2n) is 9.96. The molecule has 4 atom stereocenters. The number of halogens is 2. The Morgan fingerprint density at radius 1 is 1.20 bits per heavy atom. The summed E-state index contributed by atoms with van der Waals surface area (Å²) in [5.74, 6) is 0.0863. The molecule has 2 aromatic rings. The number of benzene rings is 2. The van der Waals surface area contributed by atoms with Gasteiger partial charge in [0, 0.05) is 28.1 Å². The molecule has 2 aliphatic carbocycles. The van der Waals surface area contributed by atoms with Crippen molar-refractivity contribution < 1.29 is 8.78 Å². The number of aliphatic imine (C=N–C) groups is 1. The molecule has 6 heteroatoms. The number of hydrogen-bond acceptors (Lipinski definition) is 4. The van der Waals surface area contributed by atoms with Crippen LogP contribution in [-0.2, 0) is 0 Å². The Morgan fingerprint density at radius 2 is 1.97 bits per heavy atom. The van der Waals surface area contributed by atoms with E-state index >= 15 is 0 Å². The van der Waals surface area contributed by atoms with Crippen LogP contribution < -0.4 is 5.73 Å². The zero-order chi connectivity index (χ0) is 25.1. The van der Waals surface area contributed by atoms with Crippen LogP contribution in [0.1, 0.15) is 61.3 Å². The van der Waals surface area contributed by atoms with Gasteiger partial charge in [-0.15, -0.1) is 11.8 Å². The lowest BCUT2D eigenvalue weighted by Crippen LogP contribution is -2.38. The Morgan fingerprint density at radius 3 is 2.60 bits per heavy atom. The van der Waals surface area contributed by atoms with Crippen LogP contribution in [0.2, 0.25) is 0 Å². The van der Waals surface area contributed by atoms with E-state index in [1.807, 2.05) is 12.1 Å². The average molecular weight is 494 g/mol. The highest BCUT2D eigenvalue weighted by molar-refractivity contribution is 8.00. The van der Waals surface area contributed by atoms with E-state index in [2.05, 4.69) is 26.0 Å². The first-order valence-corrected chi connectivity index (χ1v) is 13.3. The quantitative estimate of drug-likeness (QED) is 0.415. The lowest BCUT2D eigenvalue weighted by Gasteiger charge is -2.40. The first kappa shape index (κ1) is 25.4. The molecule has 2 aromatic carbocycles. The van der Waals surface area contributed by atoms with Gasteiger partial charge in [-0.25, -0.2) is 8.78 Å². The largest absolute Gasteiger partial charge is 0.404 e. The molecular weight excluding hydrogens is 460 g/mol. The van der Waals surface area contributed by atoms with Gasteiger partial charge in [-0.1, -0.05) is 19.4 Å². The summed E-state index contributed by atoms with van der Waals surface area (Å²) in [6.07, 6.45) is 8.82. The summed E-state index contributed by atoms with van der Waals surface area (Å²) in [6, 6.07) is 11.3. The number of nitriles is 1. The number of nitrogens with zero attached hydrogens (tertiary/aromatic N) is 2. The molecule has 184 valence electrons. The molecule has 0 amide bonds. The van der Waals surface area contributed by atoms with Crippen molar-refractivity contribution in [3.05, 3.63) is 70.4 Å². The number of aryl methyl sites for hydroxylation is 2. The molecule has 0 radical (unpaired) electrons. The zero-order valence-corrected chi connectivity index (χ0v) is 21.4. The first-order chi connectivity index (χ1) is 16.8. The Bertz CT molecular complexity index is 1160. The first-order valence-electron chi connectivity index (χ1n) is 12.4. The van der Waals surface area contributed by atoms with Crippen LogP contribution in [0, 0.1) is 54.6 Å². The van der Waals surface area contributed by atoms with Crippen molar-refractivity contribution in [1.82, 2.24) is 0 Å². The van der Waals surface area contributed by atoms with Crippen LogP contribution in [0.3, 0.4) is 0 Å². The lowest BCUT2D eigenvalue weighted by atomic mass is 9.72. The van der Waals surface area contributed by atoms with Crippen LogP contribution >= 0.6 is 11.8 Å². The number of thioether (sulfide) groups is 1. The normalized spacial score (nSPS) is 25.1. The summed E-state index contributed by atoms with van der Waals surface area (Å²) in [7, 11) is 0. The number of rotatable bonds is 7. The third-order valence-corrected chi connectivity index (χ3v) is 8.74. The molecule has 0 saturated heterocycles. The topological polar surface area (TPSA) is 62.2 Å². The van der Waals surface area contributed by atoms with Crippen LogP contribution in [0.5, 0.6) is 0 Å². The Labute approximate surface area is 211 Å². The van der Waals surface area contributed by atoms with Gasteiger partial charge in [0.25, 0.3) is 0 Å². The maximum Gasteiger partial charge on any atom is 0.161 e. The van der Waals surface area contributed by atoms with E-state index in [4.69, 9.17) is 10.7 Å². The molecule has 4 unspecified atom stereocenters. The van der Waals surface area contributed by atoms with Gasteiger partial charge >= 0.3 is 0 Å². The van der Waals surface area contributed by atoms with Crippen molar-refractivity contribution in [2.24, 2.45) is 28.5 Å². The minimum absolute atomic E-state index is 0.135. The summed E-state index contributed by atoms with van der Waals surface area (Å²) in [4.78, 5) is 6.08. The third-order valence-electron chi connectivity index (χ3n) is 7.43. The van der Waals surface area contributed by atoms with Crippen molar-refractivity contribution in [3.63, 3.8) is 0 Å². The van der Waals surface area contributed by atoms with Crippen LogP contribution in [0.25, 0.3) is 5.57 Å². The molecule has 2 aliphatic rings. The Balaban J connectivity index is 1.60. The monoisotopic (exact) mass is 493 g/mol. The van der Waals surface area contributed by atoms with E-state index in [9.17, 15) is 14.0 Å². The average Bonchev–Trinajstić information content (AvgIpc) is 3.68. The molecule has 0 bridgehead atoms. The predicted octanol–water partition coefficient (Wildman–Crippen LogP) is 7.20. The fraction of sp³-hybridized carbons (Fsp3) is 0.448. The molecule has 2 N–H and O–H groups in total. The lowest BCUT2D eigenvalue weighted by molar-refractivity contribution is 0.181. The number of hydrogen-bond donors (Lipinski definition) is 1. The fourth-order valence-electron chi connectivity index (χ4n) is 5.49. The van der Waals surface area contributed by atoms with Crippen LogP contribution in [0.15, 0.2) is 46.4 Å². The van der Waals surface area contributed by atoms with Crippen LogP contribution in [0.4, 0.5) is 8.78 Å². The van der Waals surface area contributed by atoms with Gasteiger partial charge in [-0.05, 0) is 98.2 Å². The second-order valence-corrected chi connectivity index (χ2v) is 11.3. The van der Waals surface area contributed by atoms with Gasteiger partial charge in [0.05, 0.1) is 11.6 Å². The molecule has 35 heavy (non-hydrogen) atoms. The Hall–Kier alpha value is -2.65. The van der Waals surface area contributed by atoms with E-state index in [1.54, 1.807) is 31.0 Å². The third kappa shape index (κ3) is 5.78. The van der Waals surface area contributed by atoms with Gasteiger partial charge in [0.15, 0.2) is 11.6 Å². The van der Waals surface area contributed by atoms with Crippen molar-refractivity contribution >= 4 is 23.5 Å². The SMILES string of the molecule is CCC1CC(Sc2cc(C)ccc2C#N)CC(N=C/C(=C\N)c2cc(C)c(F)c(F)c2)C1C1CC1. The highest BCUT2D eigenvalue weighted by atomic mass is 32.2. The fourth-order valence-corrected chi connectivity index (χ4v) is 6.98. The van der Waals surface area contributed by atoms with E-state index in [1.165, 1.54) is 25.1 Å². The van der Waals surface area contributed by atoms with Gasteiger partial charge in [-0.2, -0.15) is 5.26 Å². The molecule has 0 aromatic heterocycles. The van der Waals surface area contributed by atoms with E-state index in [-0.39, 0.29) is 11.6 Å². The summed E-state index contributed by atoms with van der Waals surface area (Å²) in [6.45, 7) is 5.86. The molecule has 2 fully saturated rings. The smallest absolute Gasteiger partial charge is 0.161 e. The standard InChI is InChI=1S/C29H33F2N3S/c1-4-19-11-24(35-27-9-17(2)5-6-21(27)14-32)13-26(28(19)20-7-8-20)34-16-23(15-33)22-10-18(3)29(31)25(30)12-22/h5-6,9-10,12,15-16,19-20,24,26,28H,4,7-8,11,13,33H2,1-3H3/b23-15+,34-16?. The molecular formula is C29H33F2N3S. The number of nitrogens with two attached hydrogens (primary N) is 1. The Kier molecular flexibility index (Phi) is 7.96. The minimum atomic E-state index is -0.879. The molecule has 0 spiro atoms. The summed E-state index contributed by atoms with van der Waals surface area (Å²) < 4.78 is 27.8. The van der Waals surface area contributed by atoms with Gasteiger partial charge in [-0.3, -0.25) is 4.99 Å². The summed E-state index contributed by atoms with van der Waals surface area (Å²) in [5.41, 5.74) is 9.13. The highest BCUT2D eigenvalue weighted by Gasteiger charge is 2.45. The second kappa shape index (κ2) is 11.0. The number of allylic oxidation sites excluding steroid dienone is 1. The van der Waals surface area contributed by atoms with Gasteiger partial charge in [0.1, 0.15) is 6.07 Å². The minimum Gasteiger partial charge on any atom is -0.404 e. The molecule has 0 heterocycles. The zero-order valence-electron chi connectivity index (χ0n) is 20.6. The van der Waals surface area contributed by atoms with Crippen molar-refractivity contribution in [2.75, 3.05) is 0 Å². The van der Waals surface area contributed by atoms with Crippen molar-refractivity contribution in [1.29, 1.82) is 5.26 Å². The highest BCUT2D eigenvalue weighted by Crippen LogP contribution is 2.51. The molecule has 2 saturated carbocycles. The van der Waals surface area contributed by atoms with E-state index < -0.39 is 11.6 Å². The summed E-state index contributed by atoms with van der Waals surface area (Å²) in [5, 5.41) is 9.96. The van der Waals surface area contributed by atoms with E-state index in [0.717, 1.165) is 35.3 Å². The maximum atomic E-state index is 14.0. The van der Waals surface area contributed by atoms with Crippen molar-refractivity contribution in [2.45, 2.75) is 69.1 Å². The van der Waals surface area contributed by atoms with Gasteiger partial charge < -0.3 is 5.73 Å². The molecule has 3 nitrogen and oxygen atoms in total. The predicted molar refractivity (Wildman–Crippen MR) is 140 cm³/mol. The van der Waals surface area contributed by atoms with E-state index in [0.29, 0.717) is 34.1 Å². The summed E-state index contributed by atoms with van der Waals surface area (Å²) >= 11 is 1.80.